The summed E-state index contributed by atoms with van der Waals surface area (Å²) in [6, 6.07) is 12.7. The van der Waals surface area contributed by atoms with Gasteiger partial charge in [-0.1, -0.05) is 12.1 Å². The minimum absolute atomic E-state index is 0.0461. The van der Waals surface area contributed by atoms with Crippen LogP contribution in [0.5, 0.6) is 5.75 Å². The third-order valence-electron chi connectivity index (χ3n) is 5.44. The number of nitrogens with one attached hydrogen (secondary N) is 1. The van der Waals surface area contributed by atoms with Gasteiger partial charge in [0.25, 0.3) is 0 Å². The van der Waals surface area contributed by atoms with Crippen LogP contribution in [0.25, 0.3) is 0 Å². The number of carbonyl (C=O) groups is 1. The number of rotatable bonds is 9. The van der Waals surface area contributed by atoms with Crippen LogP contribution in [0.4, 0.5) is 4.39 Å². The number of hydrogen-bond donors (Lipinski definition) is 1. The molecule has 1 N–H and O–H groups in total. The Hall–Kier alpha value is -2.45. The van der Waals surface area contributed by atoms with E-state index >= 15 is 0 Å². The standard InChI is InChI=1S/C24H31FN2O4S/c1-18(2)31-22-11-7-19(8-12-22)5-3-15-26-24(28)20-6-4-16-27(17-20)32(29,30)23-13-9-21(25)10-14-23/h7-14,18,20H,3-6,15-17H2,1-2H3,(H,26,28). The van der Waals surface area contributed by atoms with Gasteiger partial charge in [-0.25, -0.2) is 12.8 Å². The molecule has 3 rings (SSSR count). The predicted molar refractivity (Wildman–Crippen MR) is 121 cm³/mol. The molecule has 1 heterocycles. The summed E-state index contributed by atoms with van der Waals surface area (Å²) in [4.78, 5) is 12.7. The monoisotopic (exact) mass is 462 g/mol. The van der Waals surface area contributed by atoms with Gasteiger partial charge in [-0.05, 0) is 81.5 Å². The highest BCUT2D eigenvalue weighted by Gasteiger charge is 2.33. The summed E-state index contributed by atoms with van der Waals surface area (Å²) in [5.41, 5.74) is 1.17. The number of benzene rings is 2. The summed E-state index contributed by atoms with van der Waals surface area (Å²) in [6.07, 6.45) is 3.03. The van der Waals surface area contributed by atoms with Gasteiger partial charge in [-0.2, -0.15) is 4.31 Å². The first-order chi connectivity index (χ1) is 15.3. The van der Waals surface area contributed by atoms with Crippen LogP contribution in [-0.4, -0.2) is 44.4 Å². The minimum Gasteiger partial charge on any atom is -0.491 e. The van der Waals surface area contributed by atoms with Gasteiger partial charge < -0.3 is 10.1 Å². The third-order valence-corrected chi connectivity index (χ3v) is 7.32. The summed E-state index contributed by atoms with van der Waals surface area (Å²) in [7, 11) is -3.74. The van der Waals surface area contributed by atoms with E-state index in [1.54, 1.807) is 0 Å². The van der Waals surface area contributed by atoms with E-state index in [0.29, 0.717) is 25.9 Å². The minimum atomic E-state index is -3.74. The SMILES string of the molecule is CC(C)Oc1ccc(CCCNC(=O)C2CCCN(S(=O)(=O)c3ccc(F)cc3)C2)cc1. The van der Waals surface area contributed by atoms with Crippen LogP contribution in [0.3, 0.4) is 0 Å². The molecule has 1 aliphatic rings. The molecule has 0 aromatic heterocycles. The Morgan fingerprint density at radius 2 is 1.84 bits per heavy atom. The topological polar surface area (TPSA) is 75.7 Å². The number of piperidine rings is 1. The Kier molecular flexibility index (Phi) is 8.26. The van der Waals surface area contributed by atoms with Crippen LogP contribution in [-0.2, 0) is 21.2 Å². The number of amides is 1. The van der Waals surface area contributed by atoms with Crippen molar-refractivity contribution in [2.45, 2.75) is 50.5 Å². The average molecular weight is 463 g/mol. The Morgan fingerprint density at radius 3 is 2.50 bits per heavy atom. The van der Waals surface area contributed by atoms with E-state index in [0.717, 1.165) is 30.7 Å². The molecule has 1 aliphatic heterocycles. The normalized spacial score (nSPS) is 17.3. The lowest BCUT2D eigenvalue weighted by molar-refractivity contribution is -0.126. The fourth-order valence-corrected chi connectivity index (χ4v) is 5.31. The first-order valence-electron chi connectivity index (χ1n) is 11.0. The number of carbonyl (C=O) groups excluding carboxylic acids is 1. The fourth-order valence-electron chi connectivity index (χ4n) is 3.79. The number of nitrogens with zero attached hydrogens (tertiary/aromatic N) is 1. The van der Waals surface area contributed by atoms with Crippen LogP contribution in [0.15, 0.2) is 53.4 Å². The highest BCUT2D eigenvalue weighted by atomic mass is 32.2. The van der Waals surface area contributed by atoms with Gasteiger partial charge >= 0.3 is 0 Å². The molecule has 0 radical (unpaired) electrons. The van der Waals surface area contributed by atoms with Crippen LogP contribution >= 0.6 is 0 Å². The number of sulfonamides is 1. The van der Waals surface area contributed by atoms with Crippen LogP contribution in [0.2, 0.25) is 0 Å². The van der Waals surface area contributed by atoms with Crippen LogP contribution < -0.4 is 10.1 Å². The number of halogens is 1. The van der Waals surface area contributed by atoms with E-state index in [-0.39, 0.29) is 29.4 Å². The zero-order valence-electron chi connectivity index (χ0n) is 18.6. The smallest absolute Gasteiger partial charge is 0.243 e. The fraction of sp³-hybridized carbons (Fsp3) is 0.458. The summed E-state index contributed by atoms with van der Waals surface area (Å²) < 4.78 is 45.8. The van der Waals surface area contributed by atoms with E-state index in [1.165, 1.54) is 22.0 Å². The maximum absolute atomic E-state index is 13.1. The number of aryl methyl sites for hydroxylation is 1. The molecule has 6 nitrogen and oxygen atoms in total. The van der Waals surface area contributed by atoms with Crippen molar-refractivity contribution in [2.75, 3.05) is 19.6 Å². The second-order valence-corrected chi connectivity index (χ2v) is 10.3. The van der Waals surface area contributed by atoms with Crippen molar-refractivity contribution in [1.82, 2.24) is 9.62 Å². The van der Waals surface area contributed by atoms with Gasteiger partial charge in [0.05, 0.1) is 16.9 Å². The molecular formula is C24H31FN2O4S. The summed E-state index contributed by atoms with van der Waals surface area (Å²) in [5.74, 6) is -0.148. The number of hydrogen-bond acceptors (Lipinski definition) is 4. The van der Waals surface area contributed by atoms with Crippen molar-refractivity contribution < 1.29 is 22.3 Å². The molecule has 0 spiro atoms. The number of ether oxygens (including phenoxy) is 1. The molecule has 174 valence electrons. The molecule has 2 aromatic carbocycles. The predicted octanol–water partition coefficient (Wildman–Crippen LogP) is 3.76. The Balaban J connectivity index is 1.46. The lowest BCUT2D eigenvalue weighted by atomic mass is 9.99. The lowest BCUT2D eigenvalue weighted by Gasteiger charge is -2.31. The molecule has 8 heteroatoms. The summed E-state index contributed by atoms with van der Waals surface area (Å²) in [6.45, 7) is 5.01. The Labute approximate surface area is 189 Å². The molecule has 0 saturated carbocycles. The van der Waals surface area contributed by atoms with Crippen molar-refractivity contribution in [1.29, 1.82) is 0 Å². The van der Waals surface area contributed by atoms with Crippen molar-refractivity contribution >= 4 is 15.9 Å². The van der Waals surface area contributed by atoms with E-state index in [1.807, 2.05) is 38.1 Å². The van der Waals surface area contributed by atoms with Gasteiger partial charge in [-0.3, -0.25) is 4.79 Å². The van der Waals surface area contributed by atoms with Crippen molar-refractivity contribution in [3.8, 4) is 5.75 Å². The summed E-state index contributed by atoms with van der Waals surface area (Å²) in [5, 5.41) is 2.94. The molecule has 1 fully saturated rings. The highest BCUT2D eigenvalue weighted by Crippen LogP contribution is 2.24. The zero-order valence-corrected chi connectivity index (χ0v) is 19.4. The molecule has 2 aromatic rings. The molecule has 0 bridgehead atoms. The van der Waals surface area contributed by atoms with E-state index in [4.69, 9.17) is 4.74 Å². The van der Waals surface area contributed by atoms with Gasteiger partial charge in [-0.15, -0.1) is 0 Å². The van der Waals surface area contributed by atoms with Crippen molar-refractivity contribution in [2.24, 2.45) is 5.92 Å². The van der Waals surface area contributed by atoms with Crippen LogP contribution in [0, 0.1) is 11.7 Å². The van der Waals surface area contributed by atoms with Crippen molar-refractivity contribution in [3.05, 3.63) is 59.9 Å². The third kappa shape index (κ3) is 6.53. The molecule has 1 saturated heterocycles. The van der Waals surface area contributed by atoms with Gasteiger partial charge in [0, 0.05) is 19.6 Å². The maximum Gasteiger partial charge on any atom is 0.243 e. The van der Waals surface area contributed by atoms with Gasteiger partial charge in [0.15, 0.2) is 0 Å². The van der Waals surface area contributed by atoms with Gasteiger partial charge in [0.1, 0.15) is 11.6 Å². The largest absolute Gasteiger partial charge is 0.491 e. The first-order valence-corrected chi connectivity index (χ1v) is 12.5. The molecule has 32 heavy (non-hydrogen) atoms. The summed E-state index contributed by atoms with van der Waals surface area (Å²) >= 11 is 0. The van der Waals surface area contributed by atoms with E-state index < -0.39 is 15.8 Å². The van der Waals surface area contributed by atoms with Crippen molar-refractivity contribution in [3.63, 3.8) is 0 Å². The van der Waals surface area contributed by atoms with Crippen LogP contribution in [0.1, 0.15) is 38.7 Å². The average Bonchev–Trinajstić information content (AvgIpc) is 2.77. The van der Waals surface area contributed by atoms with E-state index in [9.17, 15) is 17.6 Å². The molecule has 1 unspecified atom stereocenters. The zero-order chi connectivity index (χ0) is 23.1. The molecule has 1 amide bonds. The Morgan fingerprint density at radius 1 is 1.16 bits per heavy atom. The maximum atomic E-state index is 13.1. The Bertz CT molecular complexity index is 992. The second kappa shape index (κ2) is 10.9. The molecule has 1 atom stereocenters. The quantitative estimate of drug-likeness (QED) is 0.576. The van der Waals surface area contributed by atoms with Gasteiger partial charge in [0.2, 0.25) is 15.9 Å². The first kappa shape index (κ1) is 24.2. The second-order valence-electron chi connectivity index (χ2n) is 8.36. The van der Waals surface area contributed by atoms with E-state index in [2.05, 4.69) is 5.32 Å². The molecular weight excluding hydrogens is 431 g/mol. The lowest BCUT2D eigenvalue weighted by Crippen LogP contribution is -2.45. The highest BCUT2D eigenvalue weighted by molar-refractivity contribution is 7.89. The molecule has 0 aliphatic carbocycles.